The third-order valence-electron chi connectivity index (χ3n) is 5.62. The number of aliphatic hydroxyl groups excluding tert-OH is 7. The van der Waals surface area contributed by atoms with Crippen molar-refractivity contribution in [2.45, 2.75) is 68.0 Å². The summed E-state index contributed by atoms with van der Waals surface area (Å²) < 4.78 is 16.5. The van der Waals surface area contributed by atoms with Gasteiger partial charge in [0.2, 0.25) is 0 Å². The minimum absolute atomic E-state index is 0.175. The first kappa shape index (κ1) is 25.4. The number of hydroxylamine groups is 2. The normalized spacial score (nSPS) is 40.5. The van der Waals surface area contributed by atoms with E-state index in [1.807, 2.05) is 30.3 Å². The second-order valence-electron chi connectivity index (χ2n) is 7.83. The van der Waals surface area contributed by atoms with Crippen molar-refractivity contribution in [1.82, 2.24) is 5.06 Å². The zero-order chi connectivity index (χ0) is 23.4. The highest BCUT2D eigenvalue weighted by atomic mass is 16.7. The first-order valence-electron chi connectivity index (χ1n) is 10.3. The average molecular weight is 461 g/mol. The topological polar surface area (TPSA) is 182 Å². The van der Waals surface area contributed by atoms with Crippen LogP contribution in [0.1, 0.15) is 5.56 Å². The van der Waals surface area contributed by atoms with Gasteiger partial charge in [0.15, 0.2) is 12.5 Å². The van der Waals surface area contributed by atoms with Gasteiger partial charge in [-0.2, -0.15) is 5.06 Å². The number of rotatable bonds is 8. The van der Waals surface area contributed by atoms with E-state index >= 15 is 0 Å². The van der Waals surface area contributed by atoms with E-state index in [2.05, 4.69) is 0 Å². The number of ether oxygens (including phenoxy) is 3. The van der Waals surface area contributed by atoms with Crippen LogP contribution in [0.5, 0.6) is 0 Å². The molecule has 2 aliphatic heterocycles. The van der Waals surface area contributed by atoms with Gasteiger partial charge >= 0.3 is 0 Å². The molecule has 182 valence electrons. The summed E-state index contributed by atoms with van der Waals surface area (Å²) in [6, 6.07) is 9.25. The zero-order valence-corrected chi connectivity index (χ0v) is 17.5. The number of likely N-dealkylation sites (N-methyl/N-ethyl adjacent to an activating group) is 1. The molecule has 2 heterocycles. The molecule has 0 saturated carbocycles. The minimum Gasteiger partial charge on any atom is -0.394 e. The molecule has 2 aliphatic rings. The lowest BCUT2D eigenvalue weighted by Gasteiger charge is -2.47. The van der Waals surface area contributed by atoms with Crippen molar-refractivity contribution in [1.29, 1.82) is 0 Å². The Morgan fingerprint density at radius 2 is 1.47 bits per heavy atom. The largest absolute Gasteiger partial charge is 0.394 e. The lowest BCUT2D eigenvalue weighted by molar-refractivity contribution is -0.367. The van der Waals surface area contributed by atoms with Crippen molar-refractivity contribution >= 4 is 0 Å². The number of hydrogen-bond donors (Lipinski definition) is 7. The van der Waals surface area contributed by atoms with Crippen molar-refractivity contribution in [3.05, 3.63) is 35.9 Å². The van der Waals surface area contributed by atoms with Crippen LogP contribution in [-0.2, 0) is 25.7 Å². The maximum atomic E-state index is 10.7. The van der Waals surface area contributed by atoms with Crippen molar-refractivity contribution in [2.75, 3.05) is 20.3 Å². The molecule has 1 aromatic rings. The molecule has 2 fully saturated rings. The monoisotopic (exact) mass is 461 g/mol. The highest BCUT2D eigenvalue weighted by Gasteiger charge is 2.51. The molecule has 0 bridgehead atoms. The van der Waals surface area contributed by atoms with Crippen LogP contribution in [0.2, 0.25) is 0 Å². The minimum atomic E-state index is -1.72. The Hall–Kier alpha value is -1.26. The second-order valence-corrected chi connectivity index (χ2v) is 7.83. The predicted molar refractivity (Wildman–Crippen MR) is 105 cm³/mol. The van der Waals surface area contributed by atoms with Gasteiger partial charge < -0.3 is 50.0 Å². The van der Waals surface area contributed by atoms with Crippen LogP contribution in [0.4, 0.5) is 0 Å². The fourth-order valence-electron chi connectivity index (χ4n) is 3.69. The average Bonchev–Trinajstić information content (AvgIpc) is 2.81. The van der Waals surface area contributed by atoms with Crippen LogP contribution in [0.25, 0.3) is 0 Å². The number of nitrogens with zero attached hydrogens (tertiary/aromatic N) is 1. The Kier molecular flexibility index (Phi) is 8.91. The lowest BCUT2D eigenvalue weighted by atomic mass is 9.96. The summed E-state index contributed by atoms with van der Waals surface area (Å²) in [7, 11) is 1.50. The van der Waals surface area contributed by atoms with Gasteiger partial charge in [0.25, 0.3) is 0 Å². The molecule has 10 atom stereocenters. The molecule has 0 aromatic heterocycles. The van der Waals surface area contributed by atoms with Crippen LogP contribution in [0.15, 0.2) is 30.3 Å². The molecule has 1 aromatic carbocycles. The summed E-state index contributed by atoms with van der Waals surface area (Å²) >= 11 is 0. The van der Waals surface area contributed by atoms with Crippen molar-refractivity contribution in [2.24, 2.45) is 0 Å². The molecule has 7 N–H and O–H groups in total. The molecule has 2 saturated heterocycles. The zero-order valence-electron chi connectivity index (χ0n) is 17.5. The highest BCUT2D eigenvalue weighted by Crippen LogP contribution is 2.30. The Labute approximate surface area is 184 Å². The molecular formula is C20H31NO11. The molecule has 32 heavy (non-hydrogen) atoms. The Bertz CT molecular complexity index is 693. The molecule has 3 rings (SSSR count). The molecule has 12 heteroatoms. The van der Waals surface area contributed by atoms with Crippen molar-refractivity contribution in [3.63, 3.8) is 0 Å². The third-order valence-corrected chi connectivity index (χ3v) is 5.62. The van der Waals surface area contributed by atoms with Crippen molar-refractivity contribution < 1.29 is 54.8 Å². The van der Waals surface area contributed by atoms with Crippen LogP contribution in [-0.4, -0.2) is 122 Å². The summed E-state index contributed by atoms with van der Waals surface area (Å²) in [5, 5.41) is 71.5. The Morgan fingerprint density at radius 1 is 0.812 bits per heavy atom. The fourth-order valence-corrected chi connectivity index (χ4v) is 3.69. The second kappa shape index (κ2) is 11.2. The van der Waals surface area contributed by atoms with Gasteiger partial charge in [-0.1, -0.05) is 30.3 Å². The van der Waals surface area contributed by atoms with E-state index in [1.54, 1.807) is 0 Å². The molecule has 0 aliphatic carbocycles. The SMILES string of the molecule is CN(OCc1ccccc1)[C@@H]1O[C@H](CO)[C@@H](O[C@@H]2O[C@H](CO)[C@H](O)[C@H](O)[C@H]2O)[C@H](O)[C@H]1O. The first-order valence-corrected chi connectivity index (χ1v) is 10.3. The number of benzene rings is 1. The number of hydrogen-bond acceptors (Lipinski definition) is 12. The molecular weight excluding hydrogens is 430 g/mol. The van der Waals surface area contributed by atoms with Crippen LogP contribution in [0, 0.1) is 0 Å². The standard InChI is InChI=1S/C20H31NO11/c1-21(29-9-10-5-3-2-4-6-10)19-16(27)15(26)18(12(8-23)30-19)32-20-17(28)14(25)13(24)11(7-22)31-20/h2-6,11-20,22-28H,7-9H2,1H3/t11-,12-,13+,14+,15-,16-,17-,18-,19-,20+/m1/s1. The van der Waals surface area contributed by atoms with Gasteiger partial charge in [0, 0.05) is 7.05 Å². The van der Waals surface area contributed by atoms with E-state index in [1.165, 1.54) is 12.1 Å². The predicted octanol–water partition coefficient (Wildman–Crippen LogP) is -3.33. The van der Waals surface area contributed by atoms with E-state index in [0.717, 1.165) is 5.56 Å². The van der Waals surface area contributed by atoms with Gasteiger partial charge in [-0.3, -0.25) is 4.84 Å². The van der Waals surface area contributed by atoms with Crippen molar-refractivity contribution in [3.8, 4) is 0 Å². The summed E-state index contributed by atoms with van der Waals surface area (Å²) in [6.45, 7) is -1.10. The van der Waals surface area contributed by atoms with E-state index in [4.69, 9.17) is 19.0 Å². The summed E-state index contributed by atoms with van der Waals surface area (Å²) in [4.78, 5) is 5.60. The molecule has 0 amide bonds. The van der Waals surface area contributed by atoms with Gasteiger partial charge in [-0.15, -0.1) is 0 Å². The molecule has 0 unspecified atom stereocenters. The van der Waals surface area contributed by atoms with Crippen LogP contribution in [0.3, 0.4) is 0 Å². The molecule has 0 radical (unpaired) electrons. The number of aliphatic hydroxyl groups is 7. The molecule has 0 spiro atoms. The summed E-state index contributed by atoms with van der Waals surface area (Å²) in [5.41, 5.74) is 0.868. The summed E-state index contributed by atoms with van der Waals surface area (Å²) in [5.74, 6) is 0. The quantitative estimate of drug-likeness (QED) is 0.192. The van der Waals surface area contributed by atoms with Gasteiger partial charge in [-0.05, 0) is 5.56 Å². The smallest absolute Gasteiger partial charge is 0.187 e. The van der Waals surface area contributed by atoms with E-state index in [-0.39, 0.29) is 6.61 Å². The van der Waals surface area contributed by atoms with Crippen LogP contribution >= 0.6 is 0 Å². The van der Waals surface area contributed by atoms with E-state index in [0.29, 0.717) is 0 Å². The van der Waals surface area contributed by atoms with E-state index < -0.39 is 74.6 Å². The first-order chi connectivity index (χ1) is 15.3. The van der Waals surface area contributed by atoms with Crippen LogP contribution < -0.4 is 0 Å². The molecule has 12 nitrogen and oxygen atoms in total. The van der Waals surface area contributed by atoms with Gasteiger partial charge in [0.1, 0.15) is 48.8 Å². The Balaban J connectivity index is 1.65. The summed E-state index contributed by atoms with van der Waals surface area (Å²) in [6.07, 6.45) is -14.6. The third kappa shape index (κ3) is 5.44. The lowest BCUT2D eigenvalue weighted by Crippen LogP contribution is -2.66. The Morgan fingerprint density at radius 3 is 2.09 bits per heavy atom. The van der Waals surface area contributed by atoms with Gasteiger partial charge in [-0.25, -0.2) is 0 Å². The maximum absolute atomic E-state index is 10.7. The highest BCUT2D eigenvalue weighted by molar-refractivity contribution is 5.13. The van der Waals surface area contributed by atoms with E-state index in [9.17, 15) is 35.7 Å². The fraction of sp³-hybridized carbons (Fsp3) is 0.700. The van der Waals surface area contributed by atoms with Gasteiger partial charge in [0.05, 0.1) is 19.8 Å². The maximum Gasteiger partial charge on any atom is 0.187 e.